The number of aliphatic imine (C=N–C) groups is 2. The Bertz CT molecular complexity index is 726. The Morgan fingerprint density at radius 3 is 2.58 bits per heavy atom. The van der Waals surface area contributed by atoms with Gasteiger partial charge in [0.2, 0.25) is 0 Å². The van der Waals surface area contributed by atoms with Crippen molar-refractivity contribution >= 4 is 54.4 Å². The van der Waals surface area contributed by atoms with Crippen molar-refractivity contribution in [3.8, 4) is 0 Å². The van der Waals surface area contributed by atoms with E-state index in [9.17, 15) is 19.2 Å². The molecule has 31 heavy (non-hydrogen) atoms. The van der Waals surface area contributed by atoms with Gasteiger partial charge in [0.15, 0.2) is 0 Å². The van der Waals surface area contributed by atoms with Gasteiger partial charge in [-0.25, -0.2) is 0 Å². The normalized spacial score (nSPS) is 19.6. The number of halogens is 1. The first-order valence-corrected chi connectivity index (χ1v) is 14.0. The Balaban J connectivity index is 1.96. The summed E-state index contributed by atoms with van der Waals surface area (Å²) in [5, 5.41) is 2.54. The summed E-state index contributed by atoms with van der Waals surface area (Å²) in [5.41, 5.74) is 10.6. The van der Waals surface area contributed by atoms with Gasteiger partial charge < -0.3 is 0 Å². The average Bonchev–Trinajstić information content (AvgIpc) is 3.26. The monoisotopic (exact) mass is 549 g/mol. The predicted molar refractivity (Wildman–Crippen MR) is 127 cm³/mol. The number of amides is 4. The molecular weight excluding hydrogens is 517 g/mol. The van der Waals surface area contributed by atoms with E-state index in [0.717, 1.165) is 23.7 Å². The number of nitrogens with zero attached hydrogens (tertiary/aromatic N) is 4. The molecule has 174 valence electrons. The molecule has 2 fully saturated rings. The number of carbonyl (C=O) groups excluding carboxylic acids is 4. The molecule has 2 aliphatic heterocycles. The van der Waals surface area contributed by atoms with Gasteiger partial charge in [-0.05, 0) is 0 Å². The molecule has 2 saturated heterocycles. The van der Waals surface area contributed by atoms with E-state index in [0.29, 0.717) is 45.3 Å². The number of hydrogen-bond donors (Lipinski definition) is 3. The molecule has 0 aromatic heterocycles. The second-order valence-electron chi connectivity index (χ2n) is 7.35. The van der Waals surface area contributed by atoms with Crippen LogP contribution < -0.4 is 16.8 Å². The Kier molecular flexibility index (Phi) is 10.1. The molecule has 4 amide bonds. The van der Waals surface area contributed by atoms with Gasteiger partial charge in [0.1, 0.15) is 0 Å². The van der Waals surface area contributed by atoms with Crippen molar-refractivity contribution in [2.24, 2.45) is 21.5 Å². The number of carbonyl (C=O) groups is 4. The number of guanidine groups is 1. The molecule has 2 heterocycles. The van der Waals surface area contributed by atoms with E-state index in [1.807, 2.05) is 3.11 Å². The number of likely N-dealkylation sites (tertiary alicyclic amines) is 1. The summed E-state index contributed by atoms with van der Waals surface area (Å²) in [5.74, 6) is -0.835. The van der Waals surface area contributed by atoms with Gasteiger partial charge in [-0.3, -0.25) is 0 Å². The van der Waals surface area contributed by atoms with Crippen LogP contribution >= 0.6 is 20.1 Å². The van der Waals surface area contributed by atoms with Crippen molar-refractivity contribution in [3.63, 3.8) is 0 Å². The SMILES string of the molecule is C=NC(=O)CNC(=O)C1CCCN1C(=O)I1CCCCN1C(=O)CCCCN=C(N)N. The Labute approximate surface area is 189 Å². The summed E-state index contributed by atoms with van der Waals surface area (Å²) in [4.78, 5) is 58.8. The molecule has 0 spiro atoms. The second kappa shape index (κ2) is 12.6. The zero-order chi connectivity index (χ0) is 22.8. The second-order valence-corrected chi connectivity index (χ2v) is 12.4. The van der Waals surface area contributed by atoms with E-state index in [1.165, 1.54) is 0 Å². The number of unbranched alkanes of at least 4 members (excludes halogenated alkanes) is 1. The van der Waals surface area contributed by atoms with Crippen LogP contribution in [-0.2, 0) is 14.4 Å². The van der Waals surface area contributed by atoms with Gasteiger partial charge >= 0.3 is 190 Å². The van der Waals surface area contributed by atoms with Crippen molar-refractivity contribution in [1.82, 2.24) is 13.3 Å². The number of hydrogen-bond acceptors (Lipinski definition) is 5. The van der Waals surface area contributed by atoms with Crippen LogP contribution in [0.1, 0.15) is 44.9 Å². The van der Waals surface area contributed by atoms with Crippen molar-refractivity contribution in [2.45, 2.75) is 51.0 Å². The average molecular weight is 549 g/mol. The molecule has 2 rings (SSSR count). The predicted octanol–water partition coefficient (Wildman–Crippen LogP) is 0.402. The van der Waals surface area contributed by atoms with Gasteiger partial charge in [-0.15, -0.1) is 0 Å². The molecular formula is C19H32IN7O4. The fourth-order valence-corrected chi connectivity index (χ4v) is 9.42. The van der Waals surface area contributed by atoms with Crippen molar-refractivity contribution in [1.29, 1.82) is 0 Å². The fourth-order valence-electron chi connectivity index (χ4n) is 3.51. The van der Waals surface area contributed by atoms with E-state index in [1.54, 1.807) is 4.90 Å². The third kappa shape index (κ3) is 7.43. The fraction of sp³-hybridized carbons (Fsp3) is 0.684. The first kappa shape index (κ1) is 25.0. The van der Waals surface area contributed by atoms with E-state index < -0.39 is 32.0 Å². The first-order valence-electron chi connectivity index (χ1n) is 10.4. The van der Waals surface area contributed by atoms with E-state index >= 15 is 0 Å². The van der Waals surface area contributed by atoms with Crippen molar-refractivity contribution < 1.29 is 19.2 Å². The van der Waals surface area contributed by atoms with Gasteiger partial charge in [0.05, 0.1) is 0 Å². The van der Waals surface area contributed by atoms with Gasteiger partial charge in [0, 0.05) is 0 Å². The molecule has 0 aliphatic carbocycles. The van der Waals surface area contributed by atoms with Crippen LogP contribution in [0.25, 0.3) is 0 Å². The van der Waals surface area contributed by atoms with Crippen LogP contribution in [0.5, 0.6) is 0 Å². The molecule has 0 aromatic rings. The molecule has 1 atom stereocenters. The van der Waals surface area contributed by atoms with Crippen LogP contribution in [0.4, 0.5) is 4.79 Å². The Morgan fingerprint density at radius 2 is 1.87 bits per heavy atom. The summed E-state index contributed by atoms with van der Waals surface area (Å²) in [6, 6.07) is -0.596. The number of nitrogens with one attached hydrogen (secondary N) is 1. The van der Waals surface area contributed by atoms with Crippen molar-refractivity contribution in [2.75, 3.05) is 30.6 Å². The first-order chi connectivity index (χ1) is 14.8. The summed E-state index contributed by atoms with van der Waals surface area (Å²) < 4.78 is 2.52. The van der Waals surface area contributed by atoms with Crippen LogP contribution in [-0.4, -0.2) is 79.0 Å². The maximum atomic E-state index is 13.4. The van der Waals surface area contributed by atoms with Gasteiger partial charge in [-0.2, -0.15) is 0 Å². The molecule has 0 aromatic carbocycles. The zero-order valence-corrected chi connectivity index (χ0v) is 19.9. The molecule has 1 unspecified atom stereocenters. The van der Waals surface area contributed by atoms with Crippen LogP contribution in [0.2, 0.25) is 0 Å². The van der Waals surface area contributed by atoms with Crippen LogP contribution in [0, 0.1) is 0 Å². The van der Waals surface area contributed by atoms with Crippen LogP contribution in [0.15, 0.2) is 9.98 Å². The Hall–Kier alpha value is -2.25. The quantitative estimate of drug-likeness (QED) is 0.0551. The molecule has 12 heteroatoms. The number of nitrogens with two attached hydrogens (primary N) is 2. The third-order valence-corrected chi connectivity index (χ3v) is 11.0. The zero-order valence-electron chi connectivity index (χ0n) is 17.7. The Morgan fingerprint density at radius 1 is 1.10 bits per heavy atom. The molecule has 2 aliphatic rings. The minimum atomic E-state index is -2.43. The topological polar surface area (TPSA) is 164 Å². The van der Waals surface area contributed by atoms with Crippen molar-refractivity contribution in [3.05, 3.63) is 0 Å². The summed E-state index contributed by atoms with van der Waals surface area (Å²) in [6.07, 6.45) is 4.81. The minimum absolute atomic E-state index is 0.00537. The van der Waals surface area contributed by atoms with E-state index in [4.69, 9.17) is 11.5 Å². The van der Waals surface area contributed by atoms with Gasteiger partial charge in [0.25, 0.3) is 0 Å². The summed E-state index contributed by atoms with van der Waals surface area (Å²) in [6.45, 7) is 4.49. The third-order valence-electron chi connectivity index (χ3n) is 5.09. The molecule has 0 radical (unpaired) electrons. The molecule has 11 nitrogen and oxygen atoms in total. The summed E-state index contributed by atoms with van der Waals surface area (Å²) >= 11 is -2.43. The standard InChI is InChI=1S/C19H32IN7O4/c1-23-15(28)13-25-17(30)14-7-6-11-26(14)18(31)20-9-3-5-12-27(20)16(29)8-2-4-10-24-19(21)22/h14H,1-13H2,(H,25,30)(H4,21,22,24). The summed E-state index contributed by atoms with van der Waals surface area (Å²) in [7, 11) is 0. The number of rotatable bonds is 9. The molecule has 0 saturated carbocycles. The molecule has 0 bridgehead atoms. The van der Waals surface area contributed by atoms with E-state index in [2.05, 4.69) is 22.0 Å². The maximum absolute atomic E-state index is 13.4. The molecule has 5 N–H and O–H groups in total. The van der Waals surface area contributed by atoms with E-state index in [-0.39, 0.29) is 28.2 Å². The van der Waals surface area contributed by atoms with Gasteiger partial charge in [-0.1, -0.05) is 0 Å². The van der Waals surface area contributed by atoms with Crippen LogP contribution in [0.3, 0.4) is 0 Å². The number of alkyl halides is 1.